The van der Waals surface area contributed by atoms with Crippen molar-refractivity contribution in [3.8, 4) is 0 Å². The number of unbranched alkanes of at least 4 members (excludes halogenated alkanes) is 1. The van der Waals surface area contributed by atoms with E-state index in [1.54, 1.807) is 0 Å². The lowest BCUT2D eigenvalue weighted by Crippen LogP contribution is -2.37. The van der Waals surface area contributed by atoms with Gasteiger partial charge in [-0.1, -0.05) is 40.0 Å². The van der Waals surface area contributed by atoms with Gasteiger partial charge in [0.2, 0.25) is 0 Å². The predicted octanol–water partition coefficient (Wildman–Crippen LogP) is 3.31. The first-order valence-corrected chi connectivity index (χ1v) is 9.36. The SMILES string of the molecule is CCCCC(CC)COCC(O)CNC(C)CSCC. The van der Waals surface area contributed by atoms with E-state index in [0.717, 1.165) is 18.1 Å². The van der Waals surface area contributed by atoms with E-state index >= 15 is 0 Å². The summed E-state index contributed by atoms with van der Waals surface area (Å²) in [4.78, 5) is 0. The third kappa shape index (κ3) is 12.0. The first-order chi connectivity index (χ1) is 9.63. The summed E-state index contributed by atoms with van der Waals surface area (Å²) in [7, 11) is 0. The lowest BCUT2D eigenvalue weighted by atomic mass is 10.0. The average Bonchev–Trinajstić information content (AvgIpc) is 2.46. The van der Waals surface area contributed by atoms with Gasteiger partial charge < -0.3 is 15.2 Å². The number of aliphatic hydroxyl groups excluding tert-OH is 1. The highest BCUT2D eigenvalue weighted by Gasteiger charge is 2.10. The molecule has 20 heavy (non-hydrogen) atoms. The lowest BCUT2D eigenvalue weighted by Gasteiger charge is -2.19. The van der Waals surface area contributed by atoms with Gasteiger partial charge >= 0.3 is 0 Å². The van der Waals surface area contributed by atoms with Crippen molar-refractivity contribution in [3.63, 3.8) is 0 Å². The number of ether oxygens (including phenoxy) is 1. The summed E-state index contributed by atoms with van der Waals surface area (Å²) in [6.45, 7) is 10.6. The van der Waals surface area contributed by atoms with Crippen LogP contribution in [0.4, 0.5) is 0 Å². The molecule has 0 fully saturated rings. The van der Waals surface area contributed by atoms with E-state index in [0.29, 0.717) is 25.1 Å². The molecule has 0 aliphatic rings. The summed E-state index contributed by atoms with van der Waals surface area (Å²) in [5, 5.41) is 13.2. The predicted molar refractivity (Wildman–Crippen MR) is 90.6 cm³/mol. The number of aliphatic hydroxyl groups is 1. The zero-order valence-corrected chi connectivity index (χ0v) is 14.7. The summed E-state index contributed by atoms with van der Waals surface area (Å²) in [5.41, 5.74) is 0. The Hall–Kier alpha value is 0.230. The molecule has 0 radical (unpaired) electrons. The minimum Gasteiger partial charge on any atom is -0.389 e. The molecule has 3 unspecified atom stereocenters. The molecule has 0 amide bonds. The molecule has 0 aromatic rings. The Morgan fingerprint density at radius 2 is 1.95 bits per heavy atom. The molecule has 3 nitrogen and oxygen atoms in total. The quantitative estimate of drug-likeness (QED) is 0.516. The maximum Gasteiger partial charge on any atom is 0.0897 e. The van der Waals surface area contributed by atoms with E-state index in [-0.39, 0.29) is 0 Å². The zero-order valence-electron chi connectivity index (χ0n) is 13.9. The highest BCUT2D eigenvalue weighted by Crippen LogP contribution is 2.12. The Balaban J connectivity index is 3.58. The van der Waals surface area contributed by atoms with Crippen molar-refractivity contribution >= 4 is 11.8 Å². The van der Waals surface area contributed by atoms with Gasteiger partial charge in [0.15, 0.2) is 0 Å². The van der Waals surface area contributed by atoms with Crippen LogP contribution >= 0.6 is 11.8 Å². The van der Waals surface area contributed by atoms with Crippen LogP contribution in [0, 0.1) is 5.92 Å². The number of hydrogen-bond acceptors (Lipinski definition) is 4. The Bertz CT molecular complexity index is 205. The minimum absolute atomic E-state index is 0.396. The van der Waals surface area contributed by atoms with Crippen molar-refractivity contribution in [1.82, 2.24) is 5.32 Å². The van der Waals surface area contributed by atoms with E-state index in [9.17, 15) is 5.11 Å². The van der Waals surface area contributed by atoms with Crippen molar-refractivity contribution in [3.05, 3.63) is 0 Å². The Morgan fingerprint density at radius 1 is 1.20 bits per heavy atom. The second-order valence-electron chi connectivity index (χ2n) is 5.58. The Kier molecular flexibility index (Phi) is 14.3. The van der Waals surface area contributed by atoms with E-state index in [1.165, 1.54) is 25.7 Å². The van der Waals surface area contributed by atoms with Crippen molar-refractivity contribution in [2.24, 2.45) is 5.92 Å². The minimum atomic E-state index is -0.396. The summed E-state index contributed by atoms with van der Waals surface area (Å²) >= 11 is 1.92. The first-order valence-electron chi connectivity index (χ1n) is 8.20. The van der Waals surface area contributed by atoms with Crippen LogP contribution < -0.4 is 5.32 Å². The molecular formula is C16H35NO2S. The van der Waals surface area contributed by atoms with Gasteiger partial charge in [-0.25, -0.2) is 0 Å². The maximum absolute atomic E-state index is 9.89. The number of nitrogens with one attached hydrogen (secondary N) is 1. The third-order valence-corrected chi connectivity index (χ3v) is 4.62. The summed E-state index contributed by atoms with van der Waals surface area (Å²) in [5.74, 6) is 2.89. The van der Waals surface area contributed by atoms with Gasteiger partial charge in [-0.2, -0.15) is 11.8 Å². The van der Waals surface area contributed by atoms with Crippen LogP contribution in [0.1, 0.15) is 53.4 Å². The van der Waals surface area contributed by atoms with Gasteiger partial charge in [0, 0.05) is 24.9 Å². The van der Waals surface area contributed by atoms with E-state index < -0.39 is 6.10 Å². The fraction of sp³-hybridized carbons (Fsp3) is 1.00. The van der Waals surface area contributed by atoms with Gasteiger partial charge in [-0.3, -0.25) is 0 Å². The molecule has 0 bridgehead atoms. The second-order valence-corrected chi connectivity index (χ2v) is 6.90. The number of hydrogen-bond donors (Lipinski definition) is 2. The highest BCUT2D eigenvalue weighted by molar-refractivity contribution is 7.99. The molecule has 0 aromatic carbocycles. The fourth-order valence-corrected chi connectivity index (χ4v) is 2.73. The van der Waals surface area contributed by atoms with Crippen LogP contribution in [-0.2, 0) is 4.74 Å². The summed E-state index contributed by atoms with van der Waals surface area (Å²) in [6.07, 6.45) is 4.54. The molecule has 4 heteroatoms. The number of thioether (sulfide) groups is 1. The van der Waals surface area contributed by atoms with Crippen LogP contribution in [0.5, 0.6) is 0 Å². The molecule has 122 valence electrons. The van der Waals surface area contributed by atoms with Gasteiger partial charge in [-0.05, 0) is 25.0 Å². The van der Waals surface area contributed by atoms with E-state index in [2.05, 4.69) is 33.0 Å². The summed E-state index contributed by atoms with van der Waals surface area (Å²) in [6, 6.07) is 0.447. The normalized spacial score (nSPS) is 16.1. The van der Waals surface area contributed by atoms with Crippen LogP contribution in [0.2, 0.25) is 0 Å². The maximum atomic E-state index is 9.89. The second kappa shape index (κ2) is 14.2. The monoisotopic (exact) mass is 305 g/mol. The van der Waals surface area contributed by atoms with Crippen LogP contribution in [0.15, 0.2) is 0 Å². The van der Waals surface area contributed by atoms with Crippen molar-refractivity contribution in [2.75, 3.05) is 31.3 Å². The molecule has 0 saturated heterocycles. The van der Waals surface area contributed by atoms with Gasteiger partial charge in [0.1, 0.15) is 0 Å². The van der Waals surface area contributed by atoms with Crippen molar-refractivity contribution < 1.29 is 9.84 Å². The largest absolute Gasteiger partial charge is 0.389 e. The molecule has 0 spiro atoms. The van der Waals surface area contributed by atoms with E-state index in [1.807, 2.05) is 11.8 Å². The molecule has 0 aliphatic heterocycles. The molecule has 0 aromatic heterocycles. The third-order valence-electron chi connectivity index (χ3n) is 3.48. The van der Waals surface area contributed by atoms with Crippen LogP contribution in [0.25, 0.3) is 0 Å². The van der Waals surface area contributed by atoms with Crippen LogP contribution in [-0.4, -0.2) is 48.5 Å². The molecular weight excluding hydrogens is 270 g/mol. The molecule has 0 saturated carbocycles. The Morgan fingerprint density at radius 3 is 2.55 bits per heavy atom. The topological polar surface area (TPSA) is 41.5 Å². The van der Waals surface area contributed by atoms with Crippen molar-refractivity contribution in [2.45, 2.75) is 65.5 Å². The summed E-state index contributed by atoms with van der Waals surface area (Å²) < 4.78 is 5.66. The molecule has 2 N–H and O–H groups in total. The average molecular weight is 306 g/mol. The van der Waals surface area contributed by atoms with Gasteiger partial charge in [0.25, 0.3) is 0 Å². The Labute approximate surface area is 130 Å². The molecule has 0 rings (SSSR count). The van der Waals surface area contributed by atoms with Crippen LogP contribution in [0.3, 0.4) is 0 Å². The standard InChI is InChI=1S/C16H35NO2S/c1-5-8-9-15(6-2)11-19-12-16(18)10-17-14(4)13-20-7-3/h14-18H,5-13H2,1-4H3. The van der Waals surface area contributed by atoms with Crippen molar-refractivity contribution in [1.29, 1.82) is 0 Å². The fourth-order valence-electron chi connectivity index (χ4n) is 2.02. The first kappa shape index (κ1) is 20.2. The zero-order chi connectivity index (χ0) is 15.2. The number of rotatable bonds is 14. The molecule has 3 atom stereocenters. The highest BCUT2D eigenvalue weighted by atomic mass is 32.2. The molecule has 0 heterocycles. The smallest absolute Gasteiger partial charge is 0.0897 e. The molecule has 0 aliphatic carbocycles. The van der Waals surface area contributed by atoms with E-state index in [4.69, 9.17) is 4.74 Å². The van der Waals surface area contributed by atoms with Gasteiger partial charge in [-0.15, -0.1) is 0 Å². The van der Waals surface area contributed by atoms with Gasteiger partial charge in [0.05, 0.1) is 12.7 Å². The lowest BCUT2D eigenvalue weighted by molar-refractivity contribution is 0.0187.